The van der Waals surface area contributed by atoms with Gasteiger partial charge in [0, 0.05) is 29.9 Å². The van der Waals surface area contributed by atoms with Crippen LogP contribution in [0.5, 0.6) is 0 Å². The number of morpholine rings is 1. The van der Waals surface area contributed by atoms with Crippen molar-refractivity contribution in [3.05, 3.63) is 59.2 Å². The number of ether oxygens (including phenoxy) is 1. The summed E-state index contributed by atoms with van der Waals surface area (Å²) >= 11 is 0. The van der Waals surface area contributed by atoms with Crippen molar-refractivity contribution in [2.45, 2.75) is 44.9 Å². The van der Waals surface area contributed by atoms with Gasteiger partial charge in [0.1, 0.15) is 35.1 Å². The number of hydrogen-bond donors (Lipinski definition) is 1. The molecular weight excluding hydrogens is 468 g/mol. The lowest BCUT2D eigenvalue weighted by molar-refractivity contribution is -0.0461. The summed E-state index contributed by atoms with van der Waals surface area (Å²) in [6, 6.07) is 3.76. The van der Waals surface area contributed by atoms with Crippen molar-refractivity contribution in [3.63, 3.8) is 0 Å². The van der Waals surface area contributed by atoms with Gasteiger partial charge in [-0.25, -0.2) is 23.7 Å². The highest BCUT2D eigenvalue weighted by molar-refractivity contribution is 5.88. The highest BCUT2D eigenvalue weighted by Gasteiger charge is 2.32. The quantitative estimate of drug-likeness (QED) is 0.451. The third kappa shape index (κ3) is 4.18. The molecule has 1 saturated heterocycles. The summed E-state index contributed by atoms with van der Waals surface area (Å²) in [5.41, 5.74) is 3.06. The average molecular weight is 494 g/mol. The molecule has 3 aromatic heterocycles. The molecule has 1 N–H and O–H groups in total. The molecule has 2 aliphatic rings. The summed E-state index contributed by atoms with van der Waals surface area (Å²) in [6.45, 7) is 4.76. The third-order valence-electron chi connectivity index (χ3n) is 6.73. The van der Waals surface area contributed by atoms with Crippen molar-refractivity contribution in [1.82, 2.24) is 29.7 Å². The molecule has 0 radical (unpaired) electrons. The fourth-order valence-corrected chi connectivity index (χ4v) is 4.42. The first-order valence-corrected chi connectivity index (χ1v) is 11.9. The van der Waals surface area contributed by atoms with Gasteiger partial charge in [-0.2, -0.15) is 10.1 Å². The SMILES string of the molecule is Cc1nc2nc(N3CCO[C@@H]([C@H](O)c4cnn(C5CC5)c4)C3)nc(-c3ccc(F)cc3F)c2nc1C. The van der Waals surface area contributed by atoms with Crippen LogP contribution in [0.25, 0.3) is 22.4 Å². The van der Waals surface area contributed by atoms with Crippen LogP contribution < -0.4 is 4.90 Å². The summed E-state index contributed by atoms with van der Waals surface area (Å²) in [6.07, 6.45) is 4.33. The second-order valence-corrected chi connectivity index (χ2v) is 9.35. The fraction of sp³-hybridized carbons (Fsp3) is 0.400. The lowest BCUT2D eigenvalue weighted by Crippen LogP contribution is -2.46. The number of hydrogen-bond acceptors (Lipinski definition) is 8. The van der Waals surface area contributed by atoms with Crippen LogP contribution in [0.15, 0.2) is 30.6 Å². The standard InChI is InChI=1S/C25H25F2N7O2/c1-13-14(2)30-24-22(29-13)21(18-6-3-16(26)9-19(18)27)31-25(32-24)33-7-8-36-20(12-33)23(35)15-10-28-34(11-15)17-4-5-17/h3,6,9-11,17,20,23,35H,4-5,7-8,12H2,1-2H3/t20-,23-/m1/s1. The van der Waals surface area contributed by atoms with E-state index >= 15 is 0 Å². The van der Waals surface area contributed by atoms with Gasteiger partial charge < -0.3 is 14.7 Å². The average Bonchev–Trinajstić information content (AvgIpc) is 3.60. The minimum Gasteiger partial charge on any atom is -0.385 e. The first-order valence-electron chi connectivity index (χ1n) is 11.9. The van der Waals surface area contributed by atoms with Gasteiger partial charge in [-0.3, -0.25) is 4.68 Å². The maximum Gasteiger partial charge on any atom is 0.228 e. The molecule has 0 bridgehead atoms. The number of nitrogens with zero attached hydrogens (tertiary/aromatic N) is 7. The lowest BCUT2D eigenvalue weighted by Gasteiger charge is -2.35. The van der Waals surface area contributed by atoms with E-state index in [0.29, 0.717) is 59.8 Å². The summed E-state index contributed by atoms with van der Waals surface area (Å²) in [4.78, 5) is 20.3. The van der Waals surface area contributed by atoms with Gasteiger partial charge in [-0.1, -0.05) is 0 Å². The molecule has 9 nitrogen and oxygen atoms in total. The molecule has 1 aliphatic carbocycles. The minimum atomic E-state index is -0.876. The van der Waals surface area contributed by atoms with Gasteiger partial charge in [0.05, 0.1) is 36.8 Å². The molecule has 11 heteroatoms. The van der Waals surface area contributed by atoms with E-state index in [1.807, 2.05) is 22.7 Å². The van der Waals surface area contributed by atoms with Crippen molar-refractivity contribution < 1.29 is 18.6 Å². The van der Waals surface area contributed by atoms with Crippen molar-refractivity contribution in [3.8, 4) is 11.3 Å². The van der Waals surface area contributed by atoms with E-state index in [2.05, 4.69) is 25.0 Å². The first kappa shape index (κ1) is 22.9. The molecule has 0 spiro atoms. The Morgan fingerprint density at radius 3 is 2.67 bits per heavy atom. The lowest BCUT2D eigenvalue weighted by atomic mass is 10.1. The molecular formula is C25H25F2N7O2. The van der Waals surface area contributed by atoms with Crippen molar-refractivity contribution in [2.75, 3.05) is 24.6 Å². The van der Waals surface area contributed by atoms with E-state index in [9.17, 15) is 13.9 Å². The second-order valence-electron chi connectivity index (χ2n) is 9.35. The third-order valence-corrected chi connectivity index (χ3v) is 6.73. The zero-order valence-corrected chi connectivity index (χ0v) is 19.9. The van der Waals surface area contributed by atoms with Crippen LogP contribution >= 0.6 is 0 Å². The van der Waals surface area contributed by atoms with Crippen LogP contribution in [0.3, 0.4) is 0 Å². The number of aromatic nitrogens is 6. The van der Waals surface area contributed by atoms with E-state index in [1.165, 1.54) is 12.1 Å². The Morgan fingerprint density at radius 1 is 1.08 bits per heavy atom. The van der Waals surface area contributed by atoms with Gasteiger partial charge in [0.2, 0.25) is 5.95 Å². The van der Waals surface area contributed by atoms with Crippen LogP contribution in [0.2, 0.25) is 0 Å². The van der Waals surface area contributed by atoms with Gasteiger partial charge in [0.25, 0.3) is 0 Å². The van der Waals surface area contributed by atoms with E-state index in [-0.39, 0.29) is 11.3 Å². The van der Waals surface area contributed by atoms with E-state index in [1.54, 1.807) is 13.1 Å². The molecule has 1 aliphatic heterocycles. The molecule has 36 heavy (non-hydrogen) atoms. The van der Waals surface area contributed by atoms with E-state index < -0.39 is 23.8 Å². The molecule has 6 rings (SSSR count). The van der Waals surface area contributed by atoms with Crippen molar-refractivity contribution in [1.29, 1.82) is 0 Å². The highest BCUT2D eigenvalue weighted by Crippen LogP contribution is 2.35. The number of aryl methyl sites for hydroxylation is 2. The van der Waals surface area contributed by atoms with Gasteiger partial charge >= 0.3 is 0 Å². The van der Waals surface area contributed by atoms with Crippen LogP contribution in [0.1, 0.15) is 41.9 Å². The highest BCUT2D eigenvalue weighted by atomic mass is 19.1. The first-order chi connectivity index (χ1) is 17.4. The van der Waals surface area contributed by atoms with E-state index in [0.717, 1.165) is 18.9 Å². The number of fused-ring (bicyclic) bond motifs is 1. The molecule has 0 unspecified atom stereocenters. The minimum absolute atomic E-state index is 0.111. The Bertz CT molecular complexity index is 1460. The molecule has 1 aromatic carbocycles. The Kier molecular flexibility index (Phi) is 5.60. The maximum atomic E-state index is 14.8. The number of aliphatic hydroxyl groups excluding tert-OH is 1. The van der Waals surface area contributed by atoms with Crippen molar-refractivity contribution in [2.24, 2.45) is 0 Å². The smallest absolute Gasteiger partial charge is 0.228 e. The number of rotatable bonds is 5. The summed E-state index contributed by atoms with van der Waals surface area (Å²) < 4.78 is 36.2. The monoisotopic (exact) mass is 493 g/mol. The molecule has 1 saturated carbocycles. The topological polar surface area (TPSA) is 102 Å². The van der Waals surface area contributed by atoms with Crippen LogP contribution in [0.4, 0.5) is 14.7 Å². The molecule has 186 valence electrons. The summed E-state index contributed by atoms with van der Waals surface area (Å²) in [5.74, 6) is -1.11. The molecule has 0 amide bonds. The largest absolute Gasteiger partial charge is 0.385 e. The Balaban J connectivity index is 1.37. The van der Waals surface area contributed by atoms with Gasteiger partial charge in [-0.05, 0) is 38.8 Å². The Labute approximate surface area is 205 Å². The second kappa shape index (κ2) is 8.82. The number of aliphatic hydroxyl groups is 1. The molecule has 4 aromatic rings. The predicted molar refractivity (Wildman–Crippen MR) is 127 cm³/mol. The Hall–Kier alpha value is -3.57. The number of benzene rings is 1. The fourth-order valence-electron chi connectivity index (χ4n) is 4.42. The molecule has 2 atom stereocenters. The molecule has 4 heterocycles. The van der Waals surface area contributed by atoms with Crippen LogP contribution in [0, 0.1) is 25.5 Å². The van der Waals surface area contributed by atoms with Gasteiger partial charge in [0.15, 0.2) is 5.65 Å². The summed E-state index contributed by atoms with van der Waals surface area (Å²) in [5, 5.41) is 15.4. The predicted octanol–water partition coefficient (Wildman–Crippen LogP) is 3.45. The maximum absolute atomic E-state index is 14.8. The number of halogens is 2. The van der Waals surface area contributed by atoms with Crippen molar-refractivity contribution >= 4 is 17.1 Å². The van der Waals surface area contributed by atoms with E-state index in [4.69, 9.17) is 4.74 Å². The van der Waals surface area contributed by atoms with Crippen LogP contribution in [-0.4, -0.2) is 60.6 Å². The zero-order valence-electron chi connectivity index (χ0n) is 19.9. The van der Waals surface area contributed by atoms with Crippen LogP contribution in [-0.2, 0) is 4.74 Å². The zero-order chi connectivity index (χ0) is 25.0. The van der Waals surface area contributed by atoms with Gasteiger partial charge in [-0.15, -0.1) is 0 Å². The normalized spacial score (nSPS) is 19.1. The Morgan fingerprint density at radius 2 is 1.89 bits per heavy atom. The molecule has 2 fully saturated rings. The number of anilines is 1. The summed E-state index contributed by atoms with van der Waals surface area (Å²) in [7, 11) is 0.